The van der Waals surface area contributed by atoms with Crippen LogP contribution in [0.25, 0.3) is 0 Å². The Bertz CT molecular complexity index is 1180. The molecule has 3 nitrogen and oxygen atoms in total. The van der Waals surface area contributed by atoms with Crippen LogP contribution in [0.3, 0.4) is 0 Å². The van der Waals surface area contributed by atoms with E-state index in [1.165, 1.54) is 0 Å². The largest absolute Gasteiger partial charge is 0.463 e. The number of rotatable bonds is 2. The third kappa shape index (κ3) is 3.59. The van der Waals surface area contributed by atoms with Gasteiger partial charge in [0, 0.05) is 27.0 Å². The van der Waals surface area contributed by atoms with Crippen molar-refractivity contribution in [3.8, 4) is 5.75 Å². The molecule has 0 N–H and O–H groups in total. The summed E-state index contributed by atoms with van der Waals surface area (Å²) in [6.07, 6.45) is 0.204. The number of halogens is 5. The average molecular weight is 543 g/mol. The minimum absolute atomic E-state index is 0.0666. The predicted molar refractivity (Wildman–Crippen MR) is 126 cm³/mol. The number of hydrazone groups is 1. The van der Waals surface area contributed by atoms with Gasteiger partial charge in [0.15, 0.2) is 0 Å². The lowest BCUT2D eigenvalue weighted by molar-refractivity contribution is -0.0189. The second-order valence-corrected chi connectivity index (χ2v) is 9.68. The van der Waals surface area contributed by atoms with E-state index < -0.39 is 6.23 Å². The molecule has 0 spiro atoms. The maximum atomic E-state index is 6.50. The summed E-state index contributed by atoms with van der Waals surface area (Å²) < 4.78 is 7.35. The minimum atomic E-state index is -0.496. The molecule has 0 saturated heterocycles. The van der Waals surface area contributed by atoms with Crippen molar-refractivity contribution in [1.29, 1.82) is 0 Å². The topological polar surface area (TPSA) is 24.8 Å². The molecule has 2 aliphatic heterocycles. The lowest BCUT2D eigenvalue weighted by atomic mass is 9.96. The zero-order chi connectivity index (χ0) is 21.0. The zero-order valence-electron chi connectivity index (χ0n) is 15.3. The quantitative estimate of drug-likeness (QED) is 0.325. The number of hydrogen-bond acceptors (Lipinski definition) is 3. The van der Waals surface area contributed by atoms with Crippen LogP contribution in [-0.2, 0) is 0 Å². The van der Waals surface area contributed by atoms with Gasteiger partial charge >= 0.3 is 0 Å². The molecule has 0 radical (unpaired) electrons. The molecule has 0 unspecified atom stereocenters. The highest BCUT2D eigenvalue weighted by molar-refractivity contribution is 9.10. The number of hydrogen-bond donors (Lipinski definition) is 0. The molecule has 0 amide bonds. The molecular weight excluding hydrogens is 530 g/mol. The van der Waals surface area contributed by atoms with Crippen molar-refractivity contribution < 1.29 is 4.74 Å². The van der Waals surface area contributed by atoms with E-state index in [1.807, 2.05) is 41.4 Å². The Labute approximate surface area is 202 Å². The molecule has 3 aromatic carbocycles. The fraction of sp³-hybridized carbons (Fsp3) is 0.136. The standard InChI is InChI=1S/C22H13BrCl4N2O/c23-13-4-1-11(2-5-13)19-10-20-15-8-14(24)9-18(27)21(15)30-22(29(20)28-19)12-3-6-16(25)17(26)7-12/h1-9,20,22H,10H2/t20-,22-/m1/s1. The van der Waals surface area contributed by atoms with Gasteiger partial charge in [-0.2, -0.15) is 5.10 Å². The second-order valence-electron chi connectivity index (χ2n) is 7.10. The smallest absolute Gasteiger partial charge is 0.214 e. The van der Waals surface area contributed by atoms with E-state index >= 15 is 0 Å². The second kappa shape index (κ2) is 7.92. The van der Waals surface area contributed by atoms with Crippen LogP contribution in [0.5, 0.6) is 5.75 Å². The number of fused-ring (bicyclic) bond motifs is 3. The normalized spacial score (nSPS) is 19.8. The lowest BCUT2D eigenvalue weighted by Crippen LogP contribution is -2.33. The molecule has 2 atom stereocenters. The Hall–Kier alpha value is -1.43. The molecule has 0 aromatic heterocycles. The number of nitrogens with zero attached hydrogens (tertiary/aromatic N) is 2. The van der Waals surface area contributed by atoms with Crippen LogP contribution in [0.1, 0.15) is 35.4 Å². The molecule has 30 heavy (non-hydrogen) atoms. The van der Waals surface area contributed by atoms with E-state index in [0.29, 0.717) is 32.3 Å². The summed E-state index contributed by atoms with van der Waals surface area (Å²) in [5.41, 5.74) is 3.77. The van der Waals surface area contributed by atoms with Gasteiger partial charge in [-0.1, -0.05) is 80.5 Å². The van der Waals surface area contributed by atoms with Gasteiger partial charge in [0.2, 0.25) is 6.23 Å². The van der Waals surface area contributed by atoms with Gasteiger partial charge in [-0.15, -0.1) is 0 Å². The molecule has 5 rings (SSSR count). The molecule has 8 heteroatoms. The van der Waals surface area contributed by atoms with E-state index in [0.717, 1.165) is 26.9 Å². The Morgan fingerprint density at radius 1 is 0.900 bits per heavy atom. The molecule has 0 aliphatic carbocycles. The summed E-state index contributed by atoms with van der Waals surface area (Å²) in [6, 6.07) is 17.1. The first kappa shape index (κ1) is 20.5. The fourth-order valence-corrected chi connectivity index (χ4v) is 4.94. The maximum Gasteiger partial charge on any atom is 0.214 e. The Balaban J connectivity index is 1.63. The van der Waals surface area contributed by atoms with E-state index in [1.54, 1.807) is 18.2 Å². The number of benzene rings is 3. The number of ether oxygens (including phenoxy) is 1. The first-order valence-corrected chi connectivity index (χ1v) is 11.4. The predicted octanol–water partition coefficient (Wildman–Crippen LogP) is 8.31. The van der Waals surface area contributed by atoms with Crippen molar-refractivity contribution in [1.82, 2.24) is 5.01 Å². The highest BCUT2D eigenvalue weighted by Crippen LogP contribution is 2.51. The van der Waals surface area contributed by atoms with Gasteiger partial charge in [-0.3, -0.25) is 0 Å². The van der Waals surface area contributed by atoms with E-state index in [-0.39, 0.29) is 6.04 Å². The molecular formula is C22H13BrCl4N2O. The molecule has 0 fully saturated rings. The van der Waals surface area contributed by atoms with Crippen LogP contribution in [0.4, 0.5) is 0 Å². The highest BCUT2D eigenvalue weighted by atomic mass is 79.9. The van der Waals surface area contributed by atoms with Gasteiger partial charge in [0.1, 0.15) is 5.75 Å². The Morgan fingerprint density at radius 3 is 2.40 bits per heavy atom. The average Bonchev–Trinajstić information content (AvgIpc) is 3.16. The Morgan fingerprint density at radius 2 is 1.67 bits per heavy atom. The van der Waals surface area contributed by atoms with Crippen molar-refractivity contribution >= 4 is 68.0 Å². The third-order valence-corrected chi connectivity index (χ3v) is 6.98. The minimum Gasteiger partial charge on any atom is -0.463 e. The van der Waals surface area contributed by atoms with Gasteiger partial charge in [0.25, 0.3) is 0 Å². The fourth-order valence-electron chi connectivity index (χ4n) is 3.82. The highest BCUT2D eigenvalue weighted by Gasteiger charge is 2.42. The first-order chi connectivity index (χ1) is 14.4. The van der Waals surface area contributed by atoms with E-state index in [9.17, 15) is 0 Å². The van der Waals surface area contributed by atoms with Crippen LogP contribution in [0.15, 0.2) is 64.2 Å². The molecule has 152 valence electrons. The van der Waals surface area contributed by atoms with E-state index in [4.69, 9.17) is 56.2 Å². The molecule has 3 aromatic rings. The van der Waals surface area contributed by atoms with Crippen molar-refractivity contribution in [2.75, 3.05) is 0 Å². The van der Waals surface area contributed by atoms with Crippen molar-refractivity contribution in [3.05, 3.63) is 95.9 Å². The zero-order valence-corrected chi connectivity index (χ0v) is 19.9. The summed E-state index contributed by atoms with van der Waals surface area (Å²) in [5, 5.41) is 8.85. The van der Waals surface area contributed by atoms with Crippen LogP contribution < -0.4 is 4.74 Å². The van der Waals surface area contributed by atoms with Crippen LogP contribution >= 0.6 is 62.3 Å². The lowest BCUT2D eigenvalue weighted by Gasteiger charge is -2.38. The third-order valence-electron chi connectivity index (χ3n) is 5.21. The maximum absolute atomic E-state index is 6.50. The summed E-state index contributed by atoms with van der Waals surface area (Å²) in [6.45, 7) is 0. The van der Waals surface area contributed by atoms with Crippen LogP contribution in [0, 0.1) is 0 Å². The van der Waals surface area contributed by atoms with Crippen molar-refractivity contribution in [2.24, 2.45) is 5.10 Å². The summed E-state index contributed by atoms with van der Waals surface area (Å²) in [5.74, 6) is 0.616. The summed E-state index contributed by atoms with van der Waals surface area (Å²) in [7, 11) is 0. The van der Waals surface area contributed by atoms with E-state index in [2.05, 4.69) is 15.9 Å². The summed E-state index contributed by atoms with van der Waals surface area (Å²) in [4.78, 5) is 0. The van der Waals surface area contributed by atoms with Crippen LogP contribution in [-0.4, -0.2) is 10.7 Å². The molecule has 2 aliphatic rings. The molecule has 0 saturated carbocycles. The monoisotopic (exact) mass is 540 g/mol. The van der Waals surface area contributed by atoms with Gasteiger partial charge in [-0.05, 0) is 42.0 Å². The van der Waals surface area contributed by atoms with Crippen molar-refractivity contribution in [2.45, 2.75) is 18.7 Å². The van der Waals surface area contributed by atoms with Crippen molar-refractivity contribution in [3.63, 3.8) is 0 Å². The summed E-state index contributed by atoms with van der Waals surface area (Å²) >= 11 is 28.7. The first-order valence-electron chi connectivity index (χ1n) is 9.13. The molecule has 2 heterocycles. The van der Waals surface area contributed by atoms with Gasteiger partial charge < -0.3 is 4.74 Å². The van der Waals surface area contributed by atoms with Gasteiger partial charge in [-0.25, -0.2) is 5.01 Å². The van der Waals surface area contributed by atoms with Crippen LogP contribution in [0.2, 0.25) is 20.1 Å². The molecule has 0 bridgehead atoms. The van der Waals surface area contributed by atoms with Gasteiger partial charge in [0.05, 0.1) is 26.8 Å². The SMILES string of the molecule is Clc1cc(Cl)c2c(c1)[C@H]1CC(c3ccc(Br)cc3)=NN1[C@@H](c1ccc(Cl)c(Cl)c1)O2. The Kier molecular flexibility index (Phi) is 5.41.